The van der Waals surface area contributed by atoms with Gasteiger partial charge in [0, 0.05) is 39.8 Å². The molecule has 0 aromatic heterocycles. The van der Waals surface area contributed by atoms with Crippen molar-refractivity contribution in [2.24, 2.45) is 0 Å². The standard InChI is InChI=1S/C29H31Cl3N2O2S/c1-3-20(2)33-29(36)27(15-21-8-5-4-6-9-21)34(17-22-10-7-11-24(30)14-22)28(35)19-37-18-23-12-13-25(31)16-26(23)32/h4-14,16,20,27H,3,15,17-19H2,1-2H3,(H,33,36)/t20-,27+/m0/s1. The zero-order valence-corrected chi connectivity index (χ0v) is 24.0. The van der Waals surface area contributed by atoms with Crippen LogP contribution in [0.15, 0.2) is 72.8 Å². The van der Waals surface area contributed by atoms with Crippen LogP contribution in [0.2, 0.25) is 15.1 Å². The molecule has 2 amide bonds. The molecule has 3 rings (SSSR count). The number of carbonyl (C=O) groups excluding carboxylic acids is 2. The van der Waals surface area contributed by atoms with Gasteiger partial charge in [-0.3, -0.25) is 9.59 Å². The molecule has 3 aromatic rings. The van der Waals surface area contributed by atoms with Gasteiger partial charge in [0.25, 0.3) is 0 Å². The summed E-state index contributed by atoms with van der Waals surface area (Å²) in [5.74, 6) is 0.450. The predicted octanol–water partition coefficient (Wildman–Crippen LogP) is 7.43. The molecular weight excluding hydrogens is 547 g/mol. The molecule has 0 aliphatic carbocycles. The van der Waals surface area contributed by atoms with Crippen LogP contribution in [0, 0.1) is 0 Å². The van der Waals surface area contributed by atoms with Crippen LogP contribution in [0.25, 0.3) is 0 Å². The van der Waals surface area contributed by atoms with Gasteiger partial charge in [-0.05, 0) is 54.3 Å². The summed E-state index contributed by atoms with van der Waals surface area (Å²) in [6.45, 7) is 4.25. The molecule has 2 atom stereocenters. The predicted molar refractivity (Wildman–Crippen MR) is 156 cm³/mol. The Morgan fingerprint density at radius 3 is 2.30 bits per heavy atom. The van der Waals surface area contributed by atoms with Crippen molar-refractivity contribution in [3.05, 3.63) is 105 Å². The zero-order chi connectivity index (χ0) is 26.8. The van der Waals surface area contributed by atoms with Gasteiger partial charge in [0.1, 0.15) is 6.04 Å². The summed E-state index contributed by atoms with van der Waals surface area (Å²) < 4.78 is 0. The first-order valence-electron chi connectivity index (χ1n) is 12.2. The van der Waals surface area contributed by atoms with Crippen molar-refractivity contribution in [2.75, 3.05) is 5.75 Å². The third-order valence-corrected chi connectivity index (χ3v) is 7.80. The first-order chi connectivity index (χ1) is 17.8. The van der Waals surface area contributed by atoms with E-state index in [1.165, 1.54) is 11.8 Å². The summed E-state index contributed by atoms with van der Waals surface area (Å²) in [6, 6.07) is 21.8. The second kappa shape index (κ2) is 14.7. The van der Waals surface area contributed by atoms with Crippen molar-refractivity contribution in [2.45, 2.75) is 51.1 Å². The largest absolute Gasteiger partial charge is 0.352 e. The summed E-state index contributed by atoms with van der Waals surface area (Å²) in [5, 5.41) is 4.80. The van der Waals surface area contributed by atoms with E-state index in [9.17, 15) is 9.59 Å². The van der Waals surface area contributed by atoms with E-state index >= 15 is 0 Å². The lowest BCUT2D eigenvalue weighted by Gasteiger charge is -2.32. The quantitative estimate of drug-likeness (QED) is 0.243. The lowest BCUT2D eigenvalue weighted by atomic mass is 10.0. The van der Waals surface area contributed by atoms with Gasteiger partial charge >= 0.3 is 0 Å². The lowest BCUT2D eigenvalue weighted by molar-refractivity contribution is -0.139. The highest BCUT2D eigenvalue weighted by Crippen LogP contribution is 2.25. The molecule has 0 spiro atoms. The molecule has 0 saturated carbocycles. The first-order valence-corrected chi connectivity index (χ1v) is 14.5. The maximum absolute atomic E-state index is 13.7. The normalized spacial score (nSPS) is 12.6. The Morgan fingerprint density at radius 2 is 1.62 bits per heavy atom. The molecule has 0 radical (unpaired) electrons. The minimum Gasteiger partial charge on any atom is -0.352 e. The Hall–Kier alpha value is -2.18. The average Bonchev–Trinajstić information content (AvgIpc) is 2.87. The molecule has 0 unspecified atom stereocenters. The maximum Gasteiger partial charge on any atom is 0.243 e. The van der Waals surface area contributed by atoms with Crippen LogP contribution in [0.5, 0.6) is 0 Å². The fourth-order valence-electron chi connectivity index (χ4n) is 3.80. The van der Waals surface area contributed by atoms with E-state index in [1.54, 1.807) is 23.1 Å². The lowest BCUT2D eigenvalue weighted by Crippen LogP contribution is -2.52. The molecule has 0 saturated heterocycles. The van der Waals surface area contributed by atoms with Crippen molar-refractivity contribution in [1.82, 2.24) is 10.2 Å². The third kappa shape index (κ3) is 9.26. The van der Waals surface area contributed by atoms with Gasteiger partial charge in [0.15, 0.2) is 0 Å². The van der Waals surface area contributed by atoms with E-state index in [2.05, 4.69) is 5.32 Å². The van der Waals surface area contributed by atoms with Gasteiger partial charge in [-0.1, -0.05) is 90.3 Å². The number of amides is 2. The van der Waals surface area contributed by atoms with E-state index in [-0.39, 0.29) is 30.2 Å². The van der Waals surface area contributed by atoms with Crippen LogP contribution in [0.3, 0.4) is 0 Å². The highest BCUT2D eigenvalue weighted by molar-refractivity contribution is 7.99. The van der Waals surface area contributed by atoms with Gasteiger partial charge in [-0.15, -0.1) is 11.8 Å². The Labute approximate surface area is 238 Å². The van der Waals surface area contributed by atoms with Crippen LogP contribution >= 0.6 is 46.6 Å². The highest BCUT2D eigenvalue weighted by Gasteiger charge is 2.31. The monoisotopic (exact) mass is 576 g/mol. The number of nitrogens with one attached hydrogen (secondary N) is 1. The van der Waals surface area contributed by atoms with E-state index in [1.807, 2.05) is 68.4 Å². The Bertz CT molecular complexity index is 1190. The molecule has 4 nitrogen and oxygen atoms in total. The fourth-order valence-corrected chi connectivity index (χ4v) is 5.48. The topological polar surface area (TPSA) is 49.4 Å². The van der Waals surface area contributed by atoms with Gasteiger partial charge < -0.3 is 10.2 Å². The molecule has 0 bridgehead atoms. The van der Waals surface area contributed by atoms with Crippen molar-refractivity contribution < 1.29 is 9.59 Å². The molecule has 1 N–H and O–H groups in total. The van der Waals surface area contributed by atoms with E-state index in [4.69, 9.17) is 34.8 Å². The number of carbonyl (C=O) groups is 2. The second-order valence-corrected chi connectivity index (χ2v) is 11.2. The zero-order valence-electron chi connectivity index (χ0n) is 20.9. The number of hydrogen-bond donors (Lipinski definition) is 1. The summed E-state index contributed by atoms with van der Waals surface area (Å²) >= 11 is 20.0. The summed E-state index contributed by atoms with van der Waals surface area (Å²) in [5.41, 5.74) is 2.75. The smallest absolute Gasteiger partial charge is 0.243 e. The molecule has 0 fully saturated rings. The van der Waals surface area contributed by atoms with Crippen LogP contribution in [0.1, 0.15) is 37.0 Å². The van der Waals surface area contributed by atoms with E-state index in [0.717, 1.165) is 23.1 Å². The van der Waals surface area contributed by atoms with Crippen LogP contribution in [0.4, 0.5) is 0 Å². The summed E-state index contributed by atoms with van der Waals surface area (Å²) in [7, 11) is 0. The van der Waals surface area contributed by atoms with E-state index in [0.29, 0.717) is 27.2 Å². The minimum absolute atomic E-state index is 0.00434. The van der Waals surface area contributed by atoms with Crippen molar-refractivity contribution in [3.63, 3.8) is 0 Å². The van der Waals surface area contributed by atoms with Crippen LogP contribution in [-0.4, -0.2) is 34.6 Å². The second-order valence-electron chi connectivity index (χ2n) is 8.90. The van der Waals surface area contributed by atoms with Gasteiger partial charge in [0.2, 0.25) is 11.8 Å². The Balaban J connectivity index is 1.86. The molecule has 8 heteroatoms. The number of rotatable bonds is 12. The molecule has 37 heavy (non-hydrogen) atoms. The fraction of sp³-hybridized carbons (Fsp3) is 0.310. The van der Waals surface area contributed by atoms with E-state index < -0.39 is 6.04 Å². The SMILES string of the molecule is CC[C@H](C)NC(=O)[C@@H](Cc1ccccc1)N(Cc1cccc(Cl)c1)C(=O)CSCc1ccc(Cl)cc1Cl. The van der Waals surface area contributed by atoms with Crippen molar-refractivity contribution >= 4 is 58.4 Å². The van der Waals surface area contributed by atoms with Crippen molar-refractivity contribution in [1.29, 1.82) is 0 Å². The molecular formula is C29H31Cl3N2O2S. The number of nitrogens with zero attached hydrogens (tertiary/aromatic N) is 1. The van der Waals surface area contributed by atoms with Gasteiger partial charge in [-0.2, -0.15) is 0 Å². The third-order valence-electron chi connectivity index (χ3n) is 6.01. The minimum atomic E-state index is -0.678. The summed E-state index contributed by atoms with van der Waals surface area (Å²) in [4.78, 5) is 28.9. The number of hydrogen-bond acceptors (Lipinski definition) is 3. The molecule has 0 aliphatic rings. The number of thioether (sulfide) groups is 1. The van der Waals surface area contributed by atoms with Crippen molar-refractivity contribution in [3.8, 4) is 0 Å². The van der Waals surface area contributed by atoms with Gasteiger partial charge in [-0.25, -0.2) is 0 Å². The summed E-state index contributed by atoms with van der Waals surface area (Å²) in [6.07, 6.45) is 1.20. The Morgan fingerprint density at radius 1 is 0.919 bits per heavy atom. The van der Waals surface area contributed by atoms with Crippen LogP contribution in [-0.2, 0) is 28.3 Å². The number of benzene rings is 3. The molecule has 0 heterocycles. The molecule has 0 aliphatic heterocycles. The maximum atomic E-state index is 13.7. The molecule has 3 aromatic carbocycles. The molecule has 196 valence electrons. The Kier molecular flexibility index (Phi) is 11.7. The first kappa shape index (κ1) is 29.4. The highest BCUT2D eigenvalue weighted by atomic mass is 35.5. The average molecular weight is 578 g/mol. The van der Waals surface area contributed by atoms with Gasteiger partial charge in [0.05, 0.1) is 5.75 Å². The number of halogens is 3. The van der Waals surface area contributed by atoms with Crippen LogP contribution < -0.4 is 5.32 Å².